The summed E-state index contributed by atoms with van der Waals surface area (Å²) in [5.41, 5.74) is -1.03. The number of benzene rings is 1. The Morgan fingerprint density at radius 3 is 2.33 bits per heavy atom. The minimum Gasteiger partial charge on any atom is -0.478 e. The molecule has 0 aliphatic carbocycles. The Labute approximate surface area is 91.8 Å². The summed E-state index contributed by atoms with van der Waals surface area (Å²) in [6.45, 7) is 0. The molecular weight excluding hydrogens is 277 g/mol. The standard InChI is InChI=1S/C9H6BrF3O2/c10-4-5-1-6(8(14)15)3-7(2-5)9(11,12)13/h1-3H,4H2,(H,14,15). The monoisotopic (exact) mass is 282 g/mol. The van der Waals surface area contributed by atoms with E-state index in [9.17, 15) is 18.0 Å². The van der Waals surface area contributed by atoms with Gasteiger partial charge in [0.1, 0.15) is 0 Å². The lowest BCUT2D eigenvalue weighted by Gasteiger charge is -2.09. The van der Waals surface area contributed by atoms with E-state index < -0.39 is 17.7 Å². The SMILES string of the molecule is O=C(O)c1cc(CBr)cc(C(F)(F)F)c1. The molecule has 15 heavy (non-hydrogen) atoms. The average Bonchev–Trinajstić information content (AvgIpc) is 2.15. The van der Waals surface area contributed by atoms with Gasteiger partial charge in [-0.25, -0.2) is 4.79 Å². The number of rotatable bonds is 2. The van der Waals surface area contributed by atoms with Crippen molar-refractivity contribution in [3.8, 4) is 0 Å². The molecule has 0 aliphatic rings. The first-order chi connectivity index (χ1) is 6.84. The molecule has 1 aromatic carbocycles. The maximum Gasteiger partial charge on any atom is 0.416 e. The predicted molar refractivity (Wildman–Crippen MR) is 51.0 cm³/mol. The molecule has 6 heteroatoms. The van der Waals surface area contributed by atoms with Gasteiger partial charge in [0.05, 0.1) is 11.1 Å². The van der Waals surface area contributed by atoms with Crippen LogP contribution in [0.1, 0.15) is 21.5 Å². The van der Waals surface area contributed by atoms with Crippen LogP contribution in [-0.4, -0.2) is 11.1 Å². The van der Waals surface area contributed by atoms with E-state index in [1.54, 1.807) is 0 Å². The van der Waals surface area contributed by atoms with Crippen LogP contribution in [0.25, 0.3) is 0 Å². The van der Waals surface area contributed by atoms with Gasteiger partial charge in [0, 0.05) is 5.33 Å². The van der Waals surface area contributed by atoms with Crippen molar-refractivity contribution < 1.29 is 23.1 Å². The zero-order valence-electron chi connectivity index (χ0n) is 7.31. The Balaban J connectivity index is 3.30. The fourth-order valence-corrected chi connectivity index (χ4v) is 1.38. The van der Waals surface area contributed by atoms with Crippen molar-refractivity contribution >= 4 is 21.9 Å². The zero-order chi connectivity index (χ0) is 11.6. The number of hydrogen-bond donors (Lipinski definition) is 1. The number of carboxylic acid groups (broad SMARTS) is 1. The highest BCUT2D eigenvalue weighted by molar-refractivity contribution is 9.08. The molecule has 82 valence electrons. The van der Waals surface area contributed by atoms with Gasteiger partial charge in [-0.3, -0.25) is 0 Å². The van der Waals surface area contributed by atoms with E-state index in [-0.39, 0.29) is 16.5 Å². The van der Waals surface area contributed by atoms with Crippen molar-refractivity contribution in [1.29, 1.82) is 0 Å². The maximum absolute atomic E-state index is 12.3. The highest BCUT2D eigenvalue weighted by Gasteiger charge is 2.31. The summed E-state index contributed by atoms with van der Waals surface area (Å²) in [5.74, 6) is -1.37. The predicted octanol–water partition coefficient (Wildman–Crippen LogP) is 3.30. The number of aromatic carboxylic acids is 1. The van der Waals surface area contributed by atoms with E-state index >= 15 is 0 Å². The number of halogens is 4. The third-order valence-corrected chi connectivity index (χ3v) is 2.37. The number of carboxylic acids is 1. The summed E-state index contributed by atoms with van der Waals surface area (Å²) < 4.78 is 37.0. The summed E-state index contributed by atoms with van der Waals surface area (Å²) in [6, 6.07) is 2.74. The Hall–Kier alpha value is -1.04. The molecule has 0 saturated heterocycles. The van der Waals surface area contributed by atoms with Gasteiger partial charge in [0.2, 0.25) is 0 Å². The van der Waals surface area contributed by atoms with Crippen molar-refractivity contribution in [1.82, 2.24) is 0 Å². The molecule has 0 fully saturated rings. The first-order valence-corrected chi connectivity index (χ1v) is 4.97. The highest BCUT2D eigenvalue weighted by atomic mass is 79.9. The minimum absolute atomic E-state index is 0.178. The van der Waals surface area contributed by atoms with E-state index in [0.717, 1.165) is 6.07 Å². The van der Waals surface area contributed by atoms with E-state index in [1.165, 1.54) is 6.07 Å². The normalized spacial score (nSPS) is 11.5. The largest absolute Gasteiger partial charge is 0.478 e. The molecule has 0 unspecified atom stereocenters. The van der Waals surface area contributed by atoms with Crippen LogP contribution >= 0.6 is 15.9 Å². The number of hydrogen-bond acceptors (Lipinski definition) is 1. The van der Waals surface area contributed by atoms with Gasteiger partial charge in [0.25, 0.3) is 0 Å². The van der Waals surface area contributed by atoms with Crippen molar-refractivity contribution in [3.05, 3.63) is 34.9 Å². The molecule has 0 bridgehead atoms. The van der Waals surface area contributed by atoms with E-state index in [4.69, 9.17) is 5.11 Å². The molecule has 0 atom stereocenters. The molecule has 1 N–H and O–H groups in total. The topological polar surface area (TPSA) is 37.3 Å². The maximum atomic E-state index is 12.3. The Morgan fingerprint density at radius 2 is 1.93 bits per heavy atom. The van der Waals surface area contributed by atoms with Gasteiger partial charge in [-0.15, -0.1) is 0 Å². The molecule has 2 nitrogen and oxygen atoms in total. The van der Waals surface area contributed by atoms with Gasteiger partial charge in [-0.2, -0.15) is 13.2 Å². The highest BCUT2D eigenvalue weighted by Crippen LogP contribution is 2.31. The van der Waals surface area contributed by atoms with Crippen LogP contribution < -0.4 is 0 Å². The zero-order valence-corrected chi connectivity index (χ0v) is 8.89. The molecular formula is C9H6BrF3O2. The average molecular weight is 283 g/mol. The molecule has 1 aromatic rings. The van der Waals surface area contributed by atoms with E-state index in [0.29, 0.717) is 6.07 Å². The van der Waals surface area contributed by atoms with Gasteiger partial charge in [0.15, 0.2) is 0 Å². The molecule has 0 heterocycles. The molecule has 0 amide bonds. The van der Waals surface area contributed by atoms with Crippen LogP contribution in [0.3, 0.4) is 0 Å². The Kier molecular flexibility index (Phi) is 3.38. The lowest BCUT2D eigenvalue weighted by molar-refractivity contribution is -0.137. The van der Waals surface area contributed by atoms with Gasteiger partial charge in [-0.1, -0.05) is 15.9 Å². The van der Waals surface area contributed by atoms with Gasteiger partial charge >= 0.3 is 12.1 Å². The summed E-state index contributed by atoms with van der Waals surface area (Å²) in [4.78, 5) is 10.6. The summed E-state index contributed by atoms with van der Waals surface area (Å²) in [7, 11) is 0. The third-order valence-electron chi connectivity index (χ3n) is 1.72. The fourth-order valence-electron chi connectivity index (χ4n) is 1.06. The van der Waals surface area contributed by atoms with Crippen LogP contribution in [0, 0.1) is 0 Å². The summed E-state index contributed by atoms with van der Waals surface area (Å²) in [5, 5.41) is 8.79. The minimum atomic E-state index is -4.53. The van der Waals surface area contributed by atoms with Gasteiger partial charge in [-0.05, 0) is 23.8 Å². The van der Waals surface area contributed by atoms with E-state index in [1.807, 2.05) is 0 Å². The molecule has 0 saturated carbocycles. The van der Waals surface area contributed by atoms with Crippen LogP contribution in [0.5, 0.6) is 0 Å². The smallest absolute Gasteiger partial charge is 0.416 e. The first kappa shape index (κ1) is 12.0. The van der Waals surface area contributed by atoms with Crippen molar-refractivity contribution in [3.63, 3.8) is 0 Å². The van der Waals surface area contributed by atoms with Crippen LogP contribution in [0.2, 0.25) is 0 Å². The number of carbonyl (C=O) groups is 1. The molecule has 0 radical (unpaired) electrons. The fraction of sp³-hybridized carbons (Fsp3) is 0.222. The second-order valence-electron chi connectivity index (χ2n) is 2.86. The van der Waals surface area contributed by atoms with Crippen molar-refractivity contribution in [2.75, 3.05) is 0 Å². The second-order valence-corrected chi connectivity index (χ2v) is 3.42. The van der Waals surface area contributed by atoms with Crippen LogP contribution in [-0.2, 0) is 11.5 Å². The third kappa shape index (κ3) is 2.95. The van der Waals surface area contributed by atoms with Crippen molar-refractivity contribution in [2.45, 2.75) is 11.5 Å². The second kappa shape index (κ2) is 4.22. The van der Waals surface area contributed by atoms with Crippen LogP contribution in [0.4, 0.5) is 13.2 Å². The van der Waals surface area contributed by atoms with E-state index in [2.05, 4.69) is 15.9 Å². The summed E-state index contributed by atoms with van der Waals surface area (Å²) in [6.07, 6.45) is -4.53. The first-order valence-electron chi connectivity index (χ1n) is 3.85. The molecule has 0 aromatic heterocycles. The number of alkyl halides is 4. The van der Waals surface area contributed by atoms with Crippen LogP contribution in [0.15, 0.2) is 18.2 Å². The van der Waals surface area contributed by atoms with Gasteiger partial charge < -0.3 is 5.11 Å². The summed E-state index contributed by atoms with van der Waals surface area (Å²) >= 11 is 2.98. The Morgan fingerprint density at radius 1 is 1.33 bits per heavy atom. The quantitative estimate of drug-likeness (QED) is 0.845. The lowest BCUT2D eigenvalue weighted by Crippen LogP contribution is -2.08. The molecule has 0 spiro atoms. The lowest BCUT2D eigenvalue weighted by atomic mass is 10.1. The van der Waals surface area contributed by atoms with Crippen molar-refractivity contribution in [2.24, 2.45) is 0 Å². The molecule has 1 rings (SSSR count). The molecule has 0 aliphatic heterocycles. The Bertz CT molecular complexity index is 387.